The number of guanidine groups is 1. The first-order chi connectivity index (χ1) is 8.58. The monoisotopic (exact) mass is 250 g/mol. The van der Waals surface area contributed by atoms with Crippen LogP contribution in [0, 0.1) is 6.57 Å². The molecule has 1 aromatic carbocycles. The predicted molar refractivity (Wildman–Crippen MR) is 64.3 cm³/mol. The molecule has 0 radical (unpaired) electrons. The number of phenolic OH excluding ortho intramolecular Hbond substituents is 1. The van der Waals surface area contributed by atoms with Gasteiger partial charge >= 0.3 is 0 Å². The van der Waals surface area contributed by atoms with Crippen LogP contribution in [0.3, 0.4) is 0 Å². The van der Waals surface area contributed by atoms with Crippen LogP contribution in [0.2, 0.25) is 0 Å². The zero-order valence-electron chi connectivity index (χ0n) is 9.35. The maximum atomic E-state index is 11.8. The second kappa shape index (κ2) is 6.20. The Labute approximate surface area is 103 Å². The normalized spacial score (nSPS) is 10.8. The van der Waals surface area contributed by atoms with Gasteiger partial charge in [-0.2, -0.15) is 0 Å². The van der Waals surface area contributed by atoms with Crippen LogP contribution < -0.4 is 11.1 Å². The Hall–Kier alpha value is -2.62. The molecule has 1 aromatic rings. The molecule has 4 N–H and O–H groups in total. The van der Waals surface area contributed by atoms with Gasteiger partial charge in [0.05, 0.1) is 18.7 Å². The quantitative estimate of drug-likeness (QED) is 0.424. The van der Waals surface area contributed by atoms with Crippen molar-refractivity contribution in [3.8, 4) is 5.75 Å². The van der Waals surface area contributed by atoms with Gasteiger partial charge in [-0.05, 0) is 12.1 Å². The van der Waals surface area contributed by atoms with Crippen molar-refractivity contribution in [3.63, 3.8) is 0 Å². The smallest absolute Gasteiger partial charge is 0.260 e. The van der Waals surface area contributed by atoms with Crippen molar-refractivity contribution in [1.82, 2.24) is 5.32 Å². The Morgan fingerprint density at radius 3 is 2.94 bits per heavy atom. The Morgan fingerprint density at radius 1 is 1.61 bits per heavy atom. The van der Waals surface area contributed by atoms with Crippen molar-refractivity contribution in [2.24, 2.45) is 10.7 Å². The summed E-state index contributed by atoms with van der Waals surface area (Å²) < 4.78 is 11.8. The highest BCUT2D eigenvalue weighted by Gasteiger charge is 2.12. The molecule has 0 aliphatic heterocycles. The number of nitrogens with one attached hydrogen (secondary N) is 1. The van der Waals surface area contributed by atoms with Crippen molar-refractivity contribution in [2.45, 2.75) is 0 Å². The summed E-state index contributed by atoms with van der Waals surface area (Å²) in [6, 6.07) is 3.83. The first-order valence-corrected chi connectivity index (χ1v) is 4.96. The highest BCUT2D eigenvalue weighted by Crippen LogP contribution is 2.23. The van der Waals surface area contributed by atoms with Gasteiger partial charge in [-0.1, -0.05) is 6.07 Å². The van der Waals surface area contributed by atoms with Gasteiger partial charge in [-0.25, -0.2) is 9.24 Å². The lowest BCUT2D eigenvalue weighted by molar-refractivity contribution is 0.0974. The SMILES string of the molecule is [C-]#[N+]c1ccc(O)c(C(=O)NC(N)=NCCF)c1. The number of amides is 1. The third kappa shape index (κ3) is 3.45. The average Bonchev–Trinajstić information content (AvgIpc) is 2.36. The number of benzene rings is 1. The molecular weight excluding hydrogens is 239 g/mol. The highest BCUT2D eigenvalue weighted by atomic mass is 19.1. The van der Waals surface area contributed by atoms with Crippen LogP contribution in [0.25, 0.3) is 4.85 Å². The highest BCUT2D eigenvalue weighted by molar-refractivity contribution is 6.07. The number of carbonyl (C=O) groups is 1. The van der Waals surface area contributed by atoms with Gasteiger partial charge in [0.15, 0.2) is 11.6 Å². The summed E-state index contributed by atoms with van der Waals surface area (Å²) in [4.78, 5) is 18.3. The van der Waals surface area contributed by atoms with Crippen molar-refractivity contribution in [3.05, 3.63) is 35.2 Å². The van der Waals surface area contributed by atoms with Gasteiger partial charge in [0, 0.05) is 0 Å². The number of rotatable bonds is 3. The summed E-state index contributed by atoms with van der Waals surface area (Å²) in [6.07, 6.45) is 0. The van der Waals surface area contributed by atoms with E-state index < -0.39 is 12.6 Å². The Kier molecular flexibility index (Phi) is 4.63. The van der Waals surface area contributed by atoms with Crippen LogP contribution in [0.15, 0.2) is 23.2 Å². The fourth-order valence-electron chi connectivity index (χ4n) is 1.16. The van der Waals surface area contributed by atoms with Gasteiger partial charge in [0.2, 0.25) is 0 Å². The molecule has 0 atom stereocenters. The summed E-state index contributed by atoms with van der Waals surface area (Å²) in [6.45, 7) is 5.97. The van der Waals surface area contributed by atoms with Crippen LogP contribution in [0.1, 0.15) is 10.4 Å². The summed E-state index contributed by atoms with van der Waals surface area (Å²) in [5.41, 5.74) is 5.44. The number of alkyl halides is 1. The summed E-state index contributed by atoms with van der Waals surface area (Å²) in [5, 5.41) is 11.7. The summed E-state index contributed by atoms with van der Waals surface area (Å²) >= 11 is 0. The van der Waals surface area contributed by atoms with E-state index in [1.54, 1.807) is 0 Å². The lowest BCUT2D eigenvalue weighted by atomic mass is 10.1. The minimum absolute atomic E-state index is 0.0955. The molecule has 18 heavy (non-hydrogen) atoms. The van der Waals surface area contributed by atoms with Crippen molar-refractivity contribution in [2.75, 3.05) is 13.2 Å². The molecule has 0 bridgehead atoms. The molecule has 0 aliphatic carbocycles. The van der Waals surface area contributed by atoms with Crippen LogP contribution in [-0.4, -0.2) is 30.2 Å². The number of phenols is 1. The first-order valence-electron chi connectivity index (χ1n) is 4.96. The Morgan fingerprint density at radius 2 is 2.33 bits per heavy atom. The van der Waals surface area contributed by atoms with E-state index in [0.717, 1.165) is 0 Å². The van der Waals surface area contributed by atoms with Crippen molar-refractivity contribution >= 4 is 17.6 Å². The maximum Gasteiger partial charge on any atom is 0.260 e. The van der Waals surface area contributed by atoms with Gasteiger partial charge in [-0.3, -0.25) is 15.1 Å². The van der Waals surface area contributed by atoms with Crippen LogP contribution in [0.4, 0.5) is 10.1 Å². The molecule has 6 nitrogen and oxygen atoms in total. The van der Waals surface area contributed by atoms with Crippen molar-refractivity contribution in [1.29, 1.82) is 0 Å². The van der Waals surface area contributed by atoms with Crippen molar-refractivity contribution < 1.29 is 14.3 Å². The molecule has 0 heterocycles. The molecule has 0 aliphatic rings. The molecule has 0 unspecified atom stereocenters. The Bertz CT molecular complexity index is 522. The number of aliphatic imine (C=N–C) groups is 1. The molecule has 1 rings (SSSR count). The number of carbonyl (C=O) groups excluding carboxylic acids is 1. The maximum absolute atomic E-state index is 11.8. The first kappa shape index (κ1) is 13.4. The second-order valence-corrected chi connectivity index (χ2v) is 3.22. The Balaban J connectivity index is 2.88. The molecule has 0 fully saturated rings. The zero-order valence-corrected chi connectivity index (χ0v) is 9.35. The van der Waals surface area contributed by atoms with Gasteiger partial charge < -0.3 is 10.8 Å². The third-order valence-corrected chi connectivity index (χ3v) is 1.96. The largest absolute Gasteiger partial charge is 0.507 e. The number of halogens is 1. The van der Waals surface area contributed by atoms with E-state index in [-0.39, 0.29) is 29.5 Å². The molecule has 0 aromatic heterocycles. The summed E-state index contributed by atoms with van der Waals surface area (Å²) in [7, 11) is 0. The van der Waals surface area contributed by atoms with Gasteiger partial charge in [-0.15, -0.1) is 0 Å². The van der Waals surface area contributed by atoms with E-state index in [4.69, 9.17) is 12.3 Å². The minimum Gasteiger partial charge on any atom is -0.507 e. The minimum atomic E-state index is -0.710. The second-order valence-electron chi connectivity index (χ2n) is 3.22. The number of hydrogen-bond acceptors (Lipinski definition) is 3. The van der Waals surface area contributed by atoms with E-state index >= 15 is 0 Å². The number of nitrogens with zero attached hydrogens (tertiary/aromatic N) is 2. The predicted octanol–water partition coefficient (Wildman–Crippen LogP) is 0.957. The molecule has 0 saturated carbocycles. The molecule has 0 saturated heterocycles. The molecule has 1 amide bonds. The molecule has 0 spiro atoms. The lowest BCUT2D eigenvalue weighted by Gasteiger charge is -2.06. The number of aromatic hydroxyl groups is 1. The van der Waals surface area contributed by atoms with E-state index in [2.05, 4.69) is 15.2 Å². The zero-order chi connectivity index (χ0) is 13.5. The van der Waals surface area contributed by atoms with E-state index in [1.807, 2.05) is 0 Å². The molecule has 94 valence electrons. The molecule has 7 heteroatoms. The summed E-state index contributed by atoms with van der Waals surface area (Å²) in [5.74, 6) is -1.23. The lowest BCUT2D eigenvalue weighted by Crippen LogP contribution is -2.37. The van der Waals surface area contributed by atoms with E-state index in [0.29, 0.717) is 0 Å². The molecular formula is C11H11FN4O2. The third-order valence-electron chi connectivity index (χ3n) is 1.96. The number of nitrogens with two attached hydrogens (primary N) is 1. The van der Waals surface area contributed by atoms with Gasteiger partial charge in [0.25, 0.3) is 5.91 Å². The standard InChI is InChI=1S/C11H11FN4O2/c1-14-7-2-3-9(17)8(6-7)10(18)16-11(13)15-5-4-12/h2-3,6,17H,4-5H2,(H3,13,15,16,18). The topological polar surface area (TPSA) is 92.1 Å². The van der Waals surface area contributed by atoms with E-state index in [9.17, 15) is 14.3 Å². The van der Waals surface area contributed by atoms with Crippen LogP contribution in [0.5, 0.6) is 5.75 Å². The van der Waals surface area contributed by atoms with Crippen LogP contribution >= 0.6 is 0 Å². The number of hydrogen-bond donors (Lipinski definition) is 3. The fraction of sp³-hybridized carbons (Fsp3) is 0.182. The van der Waals surface area contributed by atoms with Gasteiger partial charge in [0.1, 0.15) is 12.4 Å². The van der Waals surface area contributed by atoms with E-state index in [1.165, 1.54) is 18.2 Å². The fourth-order valence-corrected chi connectivity index (χ4v) is 1.16. The van der Waals surface area contributed by atoms with Crippen LogP contribution in [-0.2, 0) is 0 Å². The average molecular weight is 250 g/mol.